The second-order valence-corrected chi connectivity index (χ2v) is 9.73. The smallest absolute Gasteiger partial charge is 0.248 e. The molecule has 4 rings (SSSR count). The number of hydrogen-bond donors (Lipinski definition) is 0. The van der Waals surface area contributed by atoms with Gasteiger partial charge in [0.1, 0.15) is 16.3 Å². The number of benzene rings is 1. The van der Waals surface area contributed by atoms with Crippen molar-refractivity contribution in [3.63, 3.8) is 0 Å². The molecule has 1 fully saturated rings. The number of carbonyl (C=O) groups is 1. The number of oxazole rings is 1. The summed E-state index contributed by atoms with van der Waals surface area (Å²) < 4.78 is 38.4. The predicted octanol–water partition coefficient (Wildman–Crippen LogP) is 2.72. The summed E-state index contributed by atoms with van der Waals surface area (Å²) in [7, 11) is -3.73. The van der Waals surface area contributed by atoms with E-state index in [9.17, 15) is 13.2 Å². The number of nitrogens with zero attached hydrogens (tertiary/aromatic N) is 4. The maximum Gasteiger partial charge on any atom is 0.248 e. The maximum absolute atomic E-state index is 13.1. The number of aromatic nitrogens is 2. The van der Waals surface area contributed by atoms with Gasteiger partial charge in [0, 0.05) is 31.7 Å². The van der Waals surface area contributed by atoms with Gasteiger partial charge in [-0.2, -0.15) is 4.31 Å². The molecule has 0 N–H and O–H groups in total. The molecule has 170 valence electrons. The summed E-state index contributed by atoms with van der Waals surface area (Å²) in [5, 5.41) is 3.76. The number of hydrogen-bond acceptors (Lipinski definition) is 7. The van der Waals surface area contributed by atoms with Crippen LogP contribution in [-0.4, -0.2) is 59.8 Å². The summed E-state index contributed by atoms with van der Waals surface area (Å²) in [6.07, 6.45) is 0.653. The van der Waals surface area contributed by atoms with Crippen LogP contribution in [0.15, 0.2) is 44.2 Å². The van der Waals surface area contributed by atoms with E-state index in [1.165, 1.54) is 4.31 Å². The average Bonchev–Trinajstić information content (AvgIpc) is 3.18. The van der Waals surface area contributed by atoms with Gasteiger partial charge in [0.05, 0.1) is 12.1 Å². The van der Waals surface area contributed by atoms with E-state index in [2.05, 4.69) is 10.1 Å². The predicted molar refractivity (Wildman–Crippen MR) is 116 cm³/mol. The molecule has 1 aromatic carbocycles. The summed E-state index contributed by atoms with van der Waals surface area (Å²) in [5.41, 5.74) is 1.79. The highest BCUT2D eigenvalue weighted by atomic mass is 32.2. The Morgan fingerprint density at radius 3 is 2.47 bits per heavy atom. The monoisotopic (exact) mass is 458 g/mol. The zero-order valence-electron chi connectivity index (χ0n) is 18.4. The first-order chi connectivity index (χ1) is 15.3. The van der Waals surface area contributed by atoms with E-state index >= 15 is 0 Å². The highest BCUT2D eigenvalue weighted by Gasteiger charge is 2.33. The van der Waals surface area contributed by atoms with Crippen molar-refractivity contribution in [2.24, 2.45) is 0 Å². The third-order valence-electron chi connectivity index (χ3n) is 5.61. The quantitative estimate of drug-likeness (QED) is 0.578. The SMILES string of the molecule is Cc1noc(C)c1S(=O)(=O)N1CCCN(C(=O)Cc2nc(-c3ccccc3)oc2C)CC1. The molecule has 1 saturated heterocycles. The van der Waals surface area contributed by atoms with Gasteiger partial charge in [-0.15, -0.1) is 0 Å². The van der Waals surface area contributed by atoms with Crippen LogP contribution in [0.2, 0.25) is 0 Å². The first-order valence-electron chi connectivity index (χ1n) is 10.5. The lowest BCUT2D eigenvalue weighted by Crippen LogP contribution is -2.38. The summed E-state index contributed by atoms with van der Waals surface area (Å²) in [5.74, 6) is 1.26. The largest absolute Gasteiger partial charge is 0.441 e. The molecule has 0 bridgehead atoms. The topological polar surface area (TPSA) is 110 Å². The Morgan fingerprint density at radius 1 is 1.03 bits per heavy atom. The van der Waals surface area contributed by atoms with Crippen molar-refractivity contribution < 1.29 is 22.2 Å². The van der Waals surface area contributed by atoms with E-state index in [-0.39, 0.29) is 29.5 Å². The van der Waals surface area contributed by atoms with Gasteiger partial charge in [-0.1, -0.05) is 23.4 Å². The van der Waals surface area contributed by atoms with Crippen molar-refractivity contribution in [3.8, 4) is 11.5 Å². The highest BCUT2D eigenvalue weighted by Crippen LogP contribution is 2.25. The first kappa shape index (κ1) is 22.2. The Balaban J connectivity index is 1.44. The van der Waals surface area contributed by atoms with Crippen LogP contribution in [-0.2, 0) is 21.2 Å². The highest BCUT2D eigenvalue weighted by molar-refractivity contribution is 7.89. The van der Waals surface area contributed by atoms with Gasteiger partial charge in [0.15, 0.2) is 5.76 Å². The molecule has 1 amide bonds. The maximum atomic E-state index is 13.1. The molecule has 0 unspecified atom stereocenters. The molecule has 0 aliphatic carbocycles. The Morgan fingerprint density at radius 2 is 1.78 bits per heavy atom. The fourth-order valence-electron chi connectivity index (χ4n) is 3.91. The molecular weight excluding hydrogens is 432 g/mol. The van der Waals surface area contributed by atoms with Crippen LogP contribution in [0.3, 0.4) is 0 Å². The normalized spacial score (nSPS) is 15.7. The molecule has 0 spiro atoms. The molecule has 3 aromatic rings. The van der Waals surface area contributed by atoms with Crippen LogP contribution in [0.4, 0.5) is 0 Å². The van der Waals surface area contributed by atoms with Crippen LogP contribution in [0.5, 0.6) is 0 Å². The number of carbonyl (C=O) groups excluding carboxylic acids is 1. The van der Waals surface area contributed by atoms with Crippen LogP contribution < -0.4 is 0 Å². The summed E-state index contributed by atoms with van der Waals surface area (Å²) >= 11 is 0. The molecule has 2 aromatic heterocycles. The number of rotatable bonds is 5. The molecule has 0 saturated carbocycles. The molecule has 0 atom stereocenters. The van der Waals surface area contributed by atoms with Crippen molar-refractivity contribution in [1.29, 1.82) is 0 Å². The lowest BCUT2D eigenvalue weighted by atomic mass is 10.2. The van der Waals surface area contributed by atoms with Crippen LogP contribution in [0.25, 0.3) is 11.5 Å². The second kappa shape index (κ2) is 8.87. The van der Waals surface area contributed by atoms with Gasteiger partial charge >= 0.3 is 0 Å². The summed E-state index contributed by atoms with van der Waals surface area (Å²) in [6.45, 7) is 6.33. The molecule has 10 heteroatoms. The standard InChI is InChI=1S/C22H26N4O5S/c1-15-21(17(3)31-24-15)32(28,29)26-11-7-10-25(12-13-26)20(27)14-19-16(2)30-22(23-19)18-8-5-4-6-9-18/h4-6,8-9H,7,10-14H2,1-3H3. The van der Waals surface area contributed by atoms with Gasteiger partial charge in [-0.25, -0.2) is 13.4 Å². The lowest BCUT2D eigenvalue weighted by molar-refractivity contribution is -0.130. The lowest BCUT2D eigenvalue weighted by Gasteiger charge is -2.21. The van der Waals surface area contributed by atoms with Gasteiger partial charge in [-0.3, -0.25) is 4.79 Å². The third-order valence-corrected chi connectivity index (χ3v) is 7.75. The number of aryl methyl sites for hydroxylation is 3. The first-order valence-corrected chi connectivity index (χ1v) is 11.9. The van der Waals surface area contributed by atoms with Gasteiger partial charge in [0.2, 0.25) is 21.8 Å². The van der Waals surface area contributed by atoms with Crippen molar-refractivity contribution in [1.82, 2.24) is 19.3 Å². The molecule has 1 aliphatic heterocycles. The Labute approximate surface area is 187 Å². The Kier molecular flexibility index (Phi) is 6.16. The molecule has 1 aliphatic rings. The van der Waals surface area contributed by atoms with E-state index in [0.29, 0.717) is 49.1 Å². The van der Waals surface area contributed by atoms with E-state index in [1.54, 1.807) is 25.7 Å². The molecule has 0 radical (unpaired) electrons. The van der Waals surface area contributed by atoms with Crippen LogP contribution in [0.1, 0.15) is 29.3 Å². The van der Waals surface area contributed by atoms with Gasteiger partial charge in [0.25, 0.3) is 0 Å². The summed E-state index contributed by atoms with van der Waals surface area (Å²) in [4.78, 5) is 19.3. The number of amides is 1. The van der Waals surface area contributed by atoms with Crippen molar-refractivity contribution >= 4 is 15.9 Å². The van der Waals surface area contributed by atoms with Gasteiger partial charge in [-0.05, 0) is 39.3 Å². The van der Waals surface area contributed by atoms with E-state index < -0.39 is 10.0 Å². The Bertz CT molecular complexity index is 1200. The molecule has 3 heterocycles. The fourth-order valence-corrected chi connectivity index (χ4v) is 5.67. The molecular formula is C22H26N4O5S. The van der Waals surface area contributed by atoms with Crippen LogP contribution >= 0.6 is 0 Å². The molecule has 9 nitrogen and oxygen atoms in total. The minimum absolute atomic E-state index is 0.0994. The van der Waals surface area contributed by atoms with E-state index in [0.717, 1.165) is 5.56 Å². The Hall–Kier alpha value is -2.98. The summed E-state index contributed by atoms with van der Waals surface area (Å²) in [6, 6.07) is 9.52. The van der Waals surface area contributed by atoms with Crippen LogP contribution in [0, 0.1) is 20.8 Å². The van der Waals surface area contributed by atoms with E-state index in [1.807, 2.05) is 30.3 Å². The second-order valence-electron chi connectivity index (χ2n) is 7.86. The van der Waals surface area contributed by atoms with Crippen molar-refractivity contribution in [2.45, 2.75) is 38.5 Å². The van der Waals surface area contributed by atoms with Crippen molar-refractivity contribution in [3.05, 3.63) is 53.2 Å². The zero-order chi connectivity index (χ0) is 22.9. The fraction of sp³-hybridized carbons (Fsp3) is 0.409. The third kappa shape index (κ3) is 4.33. The van der Waals surface area contributed by atoms with Crippen molar-refractivity contribution in [2.75, 3.05) is 26.2 Å². The average molecular weight is 459 g/mol. The van der Waals surface area contributed by atoms with E-state index in [4.69, 9.17) is 8.94 Å². The minimum Gasteiger partial charge on any atom is -0.441 e. The molecule has 32 heavy (non-hydrogen) atoms. The number of sulfonamides is 1. The van der Waals surface area contributed by atoms with Gasteiger partial charge < -0.3 is 13.8 Å². The minimum atomic E-state index is -3.73. The zero-order valence-corrected chi connectivity index (χ0v) is 19.2.